The molecular formula is C38H27N3O2. The molecule has 0 saturated carbocycles. The van der Waals surface area contributed by atoms with Gasteiger partial charge in [0.25, 0.3) is 0 Å². The molecule has 43 heavy (non-hydrogen) atoms. The van der Waals surface area contributed by atoms with E-state index in [1.54, 1.807) is 6.20 Å². The first-order valence-corrected chi connectivity index (χ1v) is 14.1. The van der Waals surface area contributed by atoms with Crippen molar-refractivity contribution in [1.82, 2.24) is 14.5 Å². The zero-order valence-electron chi connectivity index (χ0n) is 23.2. The zero-order chi connectivity index (χ0) is 28.8. The number of pyridine rings is 1. The predicted octanol–water partition coefficient (Wildman–Crippen LogP) is 9.85. The lowest BCUT2D eigenvalue weighted by Gasteiger charge is -2.19. The fourth-order valence-corrected chi connectivity index (χ4v) is 5.17. The minimum absolute atomic E-state index is 0.527. The third kappa shape index (κ3) is 5.65. The summed E-state index contributed by atoms with van der Waals surface area (Å²) in [7, 11) is 0. The van der Waals surface area contributed by atoms with Gasteiger partial charge in [-0.2, -0.15) is 0 Å². The van der Waals surface area contributed by atoms with Gasteiger partial charge in [0.05, 0.1) is 5.69 Å². The third-order valence-corrected chi connectivity index (χ3v) is 7.08. The highest BCUT2D eigenvalue weighted by Crippen LogP contribution is 2.38. The molecule has 7 aromatic rings. The van der Waals surface area contributed by atoms with E-state index in [-0.39, 0.29) is 0 Å². The van der Waals surface area contributed by atoms with Crippen LogP contribution in [0.15, 0.2) is 164 Å². The Morgan fingerprint density at radius 1 is 0.442 bits per heavy atom. The standard InChI is InChI=1S/C38H27N3O2/c1-3-12-28(13-4-1)34-20-11-21-35(29-14-5-2-6-15-29)37(34)41-25-24-40-38(41)30-16-9-17-31(26-30)42-32-18-10-19-33(27-32)43-36-22-7-8-23-39-36/h1-27H. The van der Waals surface area contributed by atoms with Crippen LogP contribution in [0.2, 0.25) is 0 Å². The second kappa shape index (κ2) is 11.9. The largest absolute Gasteiger partial charge is 0.457 e. The van der Waals surface area contributed by atoms with Crippen molar-refractivity contribution < 1.29 is 9.47 Å². The number of imidazole rings is 1. The smallest absolute Gasteiger partial charge is 0.219 e. The van der Waals surface area contributed by atoms with Gasteiger partial charge in [-0.25, -0.2) is 9.97 Å². The molecule has 5 nitrogen and oxygen atoms in total. The van der Waals surface area contributed by atoms with Crippen molar-refractivity contribution in [2.75, 3.05) is 0 Å². The SMILES string of the molecule is c1ccc(-c2cccc(-c3ccccc3)c2-n2ccnc2-c2cccc(Oc3cccc(Oc4ccccn4)c3)c2)cc1. The molecule has 0 radical (unpaired) electrons. The fraction of sp³-hybridized carbons (Fsp3) is 0. The topological polar surface area (TPSA) is 49.2 Å². The number of aromatic nitrogens is 3. The van der Waals surface area contributed by atoms with Crippen LogP contribution < -0.4 is 9.47 Å². The van der Waals surface area contributed by atoms with Crippen LogP contribution in [0.1, 0.15) is 0 Å². The van der Waals surface area contributed by atoms with Gasteiger partial charge in [0.2, 0.25) is 5.88 Å². The first-order chi connectivity index (χ1) is 21.3. The highest BCUT2D eigenvalue weighted by molar-refractivity contribution is 5.86. The number of nitrogens with zero attached hydrogens (tertiary/aromatic N) is 3. The molecule has 2 aromatic heterocycles. The molecule has 0 N–H and O–H groups in total. The number of hydrogen-bond donors (Lipinski definition) is 0. The molecule has 0 bridgehead atoms. The number of rotatable bonds is 8. The van der Waals surface area contributed by atoms with E-state index in [9.17, 15) is 0 Å². The Bertz CT molecular complexity index is 1910. The van der Waals surface area contributed by atoms with E-state index >= 15 is 0 Å². The van der Waals surface area contributed by atoms with Crippen LogP contribution in [-0.4, -0.2) is 14.5 Å². The van der Waals surface area contributed by atoms with Gasteiger partial charge in [0.15, 0.2) is 0 Å². The molecule has 206 valence electrons. The molecule has 2 heterocycles. The highest BCUT2D eigenvalue weighted by atomic mass is 16.5. The second-order valence-electron chi connectivity index (χ2n) is 9.93. The summed E-state index contributed by atoms with van der Waals surface area (Å²) in [5, 5.41) is 0. The van der Waals surface area contributed by atoms with Crippen molar-refractivity contribution >= 4 is 0 Å². The van der Waals surface area contributed by atoms with Crippen molar-refractivity contribution in [3.8, 4) is 62.5 Å². The molecule has 7 rings (SSSR count). The van der Waals surface area contributed by atoms with Gasteiger partial charge >= 0.3 is 0 Å². The van der Waals surface area contributed by atoms with Gasteiger partial charge in [0.1, 0.15) is 23.1 Å². The quantitative estimate of drug-likeness (QED) is 0.187. The van der Waals surface area contributed by atoms with Crippen LogP contribution in [0.3, 0.4) is 0 Å². The number of para-hydroxylation sites is 1. The van der Waals surface area contributed by atoms with Crippen molar-refractivity contribution in [2.24, 2.45) is 0 Å². The lowest BCUT2D eigenvalue weighted by Crippen LogP contribution is -2.02. The first kappa shape index (κ1) is 26.0. The molecule has 0 saturated heterocycles. The van der Waals surface area contributed by atoms with Crippen molar-refractivity contribution in [3.63, 3.8) is 0 Å². The number of benzene rings is 5. The molecule has 5 aromatic carbocycles. The summed E-state index contributed by atoms with van der Waals surface area (Å²) in [5.41, 5.74) is 6.53. The van der Waals surface area contributed by atoms with Gasteiger partial charge in [-0.3, -0.25) is 4.57 Å². The molecular weight excluding hydrogens is 530 g/mol. The van der Waals surface area contributed by atoms with Crippen molar-refractivity contribution in [1.29, 1.82) is 0 Å². The van der Waals surface area contributed by atoms with Crippen molar-refractivity contribution in [3.05, 3.63) is 164 Å². The Balaban J connectivity index is 1.26. The zero-order valence-corrected chi connectivity index (χ0v) is 23.2. The van der Waals surface area contributed by atoms with E-state index in [0.717, 1.165) is 39.3 Å². The molecule has 0 amide bonds. The maximum absolute atomic E-state index is 6.29. The molecule has 0 aliphatic heterocycles. The molecule has 0 atom stereocenters. The lowest BCUT2D eigenvalue weighted by atomic mass is 9.95. The van der Waals surface area contributed by atoms with E-state index in [4.69, 9.17) is 14.5 Å². The summed E-state index contributed by atoms with van der Waals surface area (Å²) >= 11 is 0. The van der Waals surface area contributed by atoms with Gasteiger partial charge in [-0.05, 0) is 41.5 Å². The Hall–Kier alpha value is -5.94. The van der Waals surface area contributed by atoms with Crippen molar-refractivity contribution in [2.45, 2.75) is 0 Å². The van der Waals surface area contributed by atoms with Gasteiger partial charge in [-0.15, -0.1) is 0 Å². The predicted molar refractivity (Wildman–Crippen MR) is 171 cm³/mol. The van der Waals surface area contributed by atoms with E-state index in [0.29, 0.717) is 23.1 Å². The summed E-state index contributed by atoms with van der Waals surface area (Å²) in [6, 6.07) is 48.5. The summed E-state index contributed by atoms with van der Waals surface area (Å²) < 4.78 is 14.4. The first-order valence-electron chi connectivity index (χ1n) is 14.1. The van der Waals surface area contributed by atoms with Gasteiger partial charge < -0.3 is 9.47 Å². The Morgan fingerprint density at radius 2 is 1.02 bits per heavy atom. The van der Waals surface area contributed by atoms with Crippen LogP contribution in [0.5, 0.6) is 23.1 Å². The molecule has 0 aliphatic rings. The van der Waals surface area contributed by atoms with Crippen LogP contribution in [0.25, 0.3) is 39.3 Å². The monoisotopic (exact) mass is 557 g/mol. The number of ether oxygens (including phenoxy) is 2. The summed E-state index contributed by atoms with van der Waals surface area (Å²) in [6.07, 6.45) is 5.57. The minimum atomic E-state index is 0.527. The van der Waals surface area contributed by atoms with Gasteiger partial charge in [0, 0.05) is 47.4 Å². The van der Waals surface area contributed by atoms with Crippen LogP contribution >= 0.6 is 0 Å². The normalized spacial score (nSPS) is 10.8. The molecule has 0 spiro atoms. The molecule has 0 fully saturated rings. The van der Waals surface area contributed by atoms with E-state index in [2.05, 4.69) is 82.3 Å². The summed E-state index contributed by atoms with van der Waals surface area (Å²) in [4.78, 5) is 9.06. The van der Waals surface area contributed by atoms with Gasteiger partial charge in [-0.1, -0.05) is 103 Å². The van der Waals surface area contributed by atoms with Crippen LogP contribution in [0, 0.1) is 0 Å². The maximum Gasteiger partial charge on any atom is 0.219 e. The Kier molecular flexibility index (Phi) is 7.19. The summed E-state index contributed by atoms with van der Waals surface area (Å²) in [5.74, 6) is 3.35. The average Bonchev–Trinajstić information content (AvgIpc) is 3.56. The Morgan fingerprint density at radius 3 is 1.70 bits per heavy atom. The Labute approximate surface area is 250 Å². The van der Waals surface area contributed by atoms with Crippen LogP contribution in [0.4, 0.5) is 0 Å². The average molecular weight is 558 g/mol. The lowest BCUT2D eigenvalue weighted by molar-refractivity contribution is 0.449. The maximum atomic E-state index is 6.29. The molecule has 0 aliphatic carbocycles. The fourth-order valence-electron chi connectivity index (χ4n) is 5.17. The summed E-state index contributed by atoms with van der Waals surface area (Å²) in [6.45, 7) is 0. The minimum Gasteiger partial charge on any atom is -0.457 e. The number of hydrogen-bond acceptors (Lipinski definition) is 4. The van der Waals surface area contributed by atoms with Crippen LogP contribution in [-0.2, 0) is 0 Å². The highest BCUT2D eigenvalue weighted by Gasteiger charge is 2.18. The third-order valence-electron chi connectivity index (χ3n) is 7.08. The molecule has 5 heteroatoms. The van der Waals surface area contributed by atoms with E-state index < -0.39 is 0 Å². The van der Waals surface area contributed by atoms with E-state index in [1.165, 1.54) is 0 Å². The second-order valence-corrected chi connectivity index (χ2v) is 9.93. The van der Waals surface area contributed by atoms with E-state index in [1.807, 2.05) is 85.2 Å². The molecule has 0 unspecified atom stereocenters.